The summed E-state index contributed by atoms with van der Waals surface area (Å²) in [5, 5.41) is 8.71. The van der Waals surface area contributed by atoms with Crippen LogP contribution in [0.4, 0.5) is 4.39 Å². The van der Waals surface area contributed by atoms with Crippen molar-refractivity contribution >= 4 is 22.9 Å². The molecule has 2 heterocycles. The molecule has 0 saturated carbocycles. The first kappa shape index (κ1) is 20.0. The highest BCUT2D eigenvalue weighted by Crippen LogP contribution is 2.36. The van der Waals surface area contributed by atoms with Gasteiger partial charge in [-0.1, -0.05) is 18.2 Å². The van der Waals surface area contributed by atoms with Gasteiger partial charge in [0.2, 0.25) is 0 Å². The minimum atomic E-state index is -0.234. The molecule has 2 N–H and O–H groups in total. The van der Waals surface area contributed by atoms with E-state index in [4.69, 9.17) is 14.9 Å². The molecule has 0 unspecified atom stereocenters. The van der Waals surface area contributed by atoms with E-state index < -0.39 is 0 Å². The molecule has 0 aliphatic heterocycles. The number of fused-ring (bicyclic) bond motifs is 1. The topological polar surface area (TPSA) is 88.8 Å². The molecular formula is C21H20FN5O2S. The summed E-state index contributed by atoms with van der Waals surface area (Å²) < 4.78 is 26.5. The average Bonchev–Trinajstić information content (AvgIpc) is 3.19. The maximum Gasteiger partial charge on any atom is 0.173 e. The summed E-state index contributed by atoms with van der Waals surface area (Å²) in [6.07, 6.45) is 2.05. The number of aryl methyl sites for hydroxylation is 2. The first-order valence-electron chi connectivity index (χ1n) is 9.22. The predicted molar refractivity (Wildman–Crippen MR) is 112 cm³/mol. The molecule has 4 aromatic rings. The lowest BCUT2D eigenvalue weighted by molar-refractivity contribution is 0.394. The normalized spacial score (nSPS) is 11.0. The number of rotatable bonds is 7. The second-order valence-electron chi connectivity index (χ2n) is 6.49. The summed E-state index contributed by atoms with van der Waals surface area (Å²) in [4.78, 5) is 12.8. The second kappa shape index (κ2) is 8.58. The van der Waals surface area contributed by atoms with Crippen LogP contribution in [0.3, 0.4) is 0 Å². The summed E-state index contributed by atoms with van der Waals surface area (Å²) in [5.41, 5.74) is 1.84. The average molecular weight is 425 g/mol. The van der Waals surface area contributed by atoms with Crippen LogP contribution in [0, 0.1) is 11.2 Å². The van der Waals surface area contributed by atoms with Crippen molar-refractivity contribution in [3.05, 3.63) is 65.7 Å². The maximum absolute atomic E-state index is 13.9. The van der Waals surface area contributed by atoms with Crippen LogP contribution in [0.25, 0.3) is 11.2 Å². The third kappa shape index (κ3) is 4.02. The monoisotopic (exact) mass is 425 g/mol. The highest BCUT2D eigenvalue weighted by molar-refractivity contribution is 7.99. The fourth-order valence-corrected chi connectivity index (χ4v) is 4.00. The van der Waals surface area contributed by atoms with Crippen LogP contribution in [0.2, 0.25) is 0 Å². The van der Waals surface area contributed by atoms with Crippen molar-refractivity contribution in [2.75, 3.05) is 14.2 Å². The summed E-state index contributed by atoms with van der Waals surface area (Å²) in [6.45, 7) is 0.488. The summed E-state index contributed by atoms with van der Waals surface area (Å²) in [7, 11) is 3.21. The van der Waals surface area contributed by atoms with Gasteiger partial charge in [0.15, 0.2) is 16.3 Å². The van der Waals surface area contributed by atoms with Gasteiger partial charge in [-0.2, -0.15) is 0 Å². The van der Waals surface area contributed by atoms with E-state index in [0.717, 1.165) is 4.90 Å². The third-order valence-corrected chi connectivity index (χ3v) is 5.58. The van der Waals surface area contributed by atoms with E-state index in [1.54, 1.807) is 32.7 Å². The highest BCUT2D eigenvalue weighted by Gasteiger charge is 2.14. The van der Waals surface area contributed by atoms with E-state index in [0.29, 0.717) is 46.3 Å². The van der Waals surface area contributed by atoms with Gasteiger partial charge < -0.3 is 19.0 Å². The van der Waals surface area contributed by atoms with Crippen molar-refractivity contribution in [3.8, 4) is 11.5 Å². The lowest BCUT2D eigenvalue weighted by Crippen LogP contribution is -2.13. The van der Waals surface area contributed by atoms with E-state index in [1.807, 2.05) is 28.8 Å². The summed E-state index contributed by atoms with van der Waals surface area (Å²) >= 11 is 1.37. The van der Waals surface area contributed by atoms with Gasteiger partial charge in [0.05, 0.1) is 25.4 Å². The fraction of sp³-hybridized carbons (Fsp3) is 0.190. The number of nitrogens with zero attached hydrogens (tertiary/aromatic N) is 3. The number of halogens is 1. The fourth-order valence-electron chi connectivity index (χ4n) is 3.08. The van der Waals surface area contributed by atoms with Gasteiger partial charge in [0, 0.05) is 6.54 Å². The van der Waals surface area contributed by atoms with E-state index in [9.17, 15) is 4.39 Å². The number of H-pyrrole nitrogens is 1. The number of nitrogens with one attached hydrogen (secondary N) is 2. The Hall–Kier alpha value is -3.33. The Morgan fingerprint density at radius 1 is 1.17 bits per heavy atom. The zero-order chi connectivity index (χ0) is 21.1. The summed E-state index contributed by atoms with van der Waals surface area (Å²) in [6, 6.07) is 12.2. The molecule has 0 spiro atoms. The van der Waals surface area contributed by atoms with Crippen LogP contribution >= 0.6 is 11.8 Å². The van der Waals surface area contributed by atoms with Crippen LogP contribution in [0.1, 0.15) is 5.56 Å². The SMILES string of the molecule is COc1ccc(OC)c(Sc2nc3c([nH]2)c(=N)ncn3CCc2ccccc2F)c1. The first-order valence-corrected chi connectivity index (χ1v) is 10.0. The molecule has 2 aromatic heterocycles. The first-order chi connectivity index (χ1) is 14.6. The van der Waals surface area contributed by atoms with Crippen molar-refractivity contribution in [1.29, 1.82) is 5.41 Å². The molecule has 9 heteroatoms. The second-order valence-corrected chi connectivity index (χ2v) is 7.52. The minimum Gasteiger partial charge on any atom is -0.497 e. The number of hydrogen-bond acceptors (Lipinski definition) is 6. The molecule has 0 bridgehead atoms. The Kier molecular flexibility index (Phi) is 5.71. The van der Waals surface area contributed by atoms with Crippen LogP contribution in [-0.4, -0.2) is 33.7 Å². The molecule has 0 aliphatic carbocycles. The van der Waals surface area contributed by atoms with Gasteiger partial charge in [0.1, 0.15) is 22.8 Å². The van der Waals surface area contributed by atoms with Gasteiger partial charge in [-0.25, -0.2) is 14.4 Å². The molecule has 30 heavy (non-hydrogen) atoms. The van der Waals surface area contributed by atoms with Crippen molar-refractivity contribution in [2.45, 2.75) is 23.0 Å². The Balaban J connectivity index is 1.66. The number of ether oxygens (including phenoxy) is 2. The van der Waals surface area contributed by atoms with Crippen molar-refractivity contribution < 1.29 is 13.9 Å². The lowest BCUT2D eigenvalue weighted by Gasteiger charge is -2.08. The third-order valence-electron chi connectivity index (χ3n) is 4.66. The quantitative estimate of drug-likeness (QED) is 0.470. The molecule has 4 rings (SSSR count). The van der Waals surface area contributed by atoms with Crippen molar-refractivity contribution in [2.24, 2.45) is 0 Å². The molecule has 0 amide bonds. The smallest absolute Gasteiger partial charge is 0.173 e. The van der Waals surface area contributed by atoms with Crippen LogP contribution in [0.15, 0.2) is 58.8 Å². The number of aromatic amines is 1. The van der Waals surface area contributed by atoms with E-state index in [-0.39, 0.29) is 11.3 Å². The standard InChI is InChI=1S/C21H20FN5O2S/c1-28-14-7-8-16(29-2)17(11-14)30-21-25-18-19(23)24-12-27(20(18)26-21)10-9-13-5-3-4-6-15(13)22/h3-8,11-12,23H,9-10H2,1-2H3,(H,25,26). The molecule has 0 aliphatic rings. The van der Waals surface area contributed by atoms with E-state index >= 15 is 0 Å². The number of imidazole rings is 1. The molecule has 2 aromatic carbocycles. The van der Waals surface area contributed by atoms with Crippen LogP contribution < -0.4 is 15.0 Å². The Labute approximate surface area is 176 Å². The zero-order valence-electron chi connectivity index (χ0n) is 16.5. The Morgan fingerprint density at radius 2 is 2.00 bits per heavy atom. The summed E-state index contributed by atoms with van der Waals surface area (Å²) in [5.74, 6) is 1.16. The number of benzene rings is 2. The van der Waals surface area contributed by atoms with Crippen molar-refractivity contribution in [1.82, 2.24) is 19.5 Å². The lowest BCUT2D eigenvalue weighted by atomic mass is 10.1. The Bertz CT molecular complexity index is 1250. The number of hydrogen-bond donors (Lipinski definition) is 2. The molecule has 0 fully saturated rings. The highest BCUT2D eigenvalue weighted by atomic mass is 32.2. The van der Waals surface area contributed by atoms with E-state index in [2.05, 4.69) is 15.0 Å². The zero-order valence-corrected chi connectivity index (χ0v) is 17.3. The largest absolute Gasteiger partial charge is 0.497 e. The van der Waals surface area contributed by atoms with Crippen molar-refractivity contribution in [3.63, 3.8) is 0 Å². The molecule has 0 atom stereocenters. The molecule has 154 valence electrons. The van der Waals surface area contributed by atoms with Crippen LogP contribution in [-0.2, 0) is 13.0 Å². The van der Waals surface area contributed by atoms with Crippen LogP contribution in [0.5, 0.6) is 11.5 Å². The predicted octanol–water partition coefficient (Wildman–Crippen LogP) is 3.79. The Morgan fingerprint density at radius 3 is 2.77 bits per heavy atom. The van der Waals surface area contributed by atoms with Gasteiger partial charge >= 0.3 is 0 Å². The van der Waals surface area contributed by atoms with E-state index in [1.165, 1.54) is 17.8 Å². The molecule has 0 radical (unpaired) electrons. The number of aromatic nitrogens is 4. The molecule has 0 saturated heterocycles. The van der Waals surface area contributed by atoms with Gasteiger partial charge in [-0.3, -0.25) is 5.41 Å². The minimum absolute atomic E-state index is 0.101. The number of methoxy groups -OCH3 is 2. The van der Waals surface area contributed by atoms with Gasteiger partial charge in [-0.15, -0.1) is 0 Å². The molecule has 7 nitrogen and oxygen atoms in total. The van der Waals surface area contributed by atoms with Gasteiger partial charge in [0.25, 0.3) is 0 Å². The maximum atomic E-state index is 13.9. The molecular weight excluding hydrogens is 405 g/mol. The van der Waals surface area contributed by atoms with Gasteiger partial charge in [-0.05, 0) is 48.0 Å².